The second kappa shape index (κ2) is 9.47. The topological polar surface area (TPSA) is 74.4 Å². The van der Waals surface area contributed by atoms with Crippen molar-refractivity contribution in [1.82, 2.24) is 15.2 Å². The Morgan fingerprint density at radius 3 is 2.53 bits per heavy atom. The van der Waals surface area contributed by atoms with Crippen LogP contribution in [0, 0.1) is 18.8 Å². The largest absolute Gasteiger partial charge is 0.497 e. The number of hydrogen-bond donors (Lipinski definition) is 2. The average Bonchev–Trinajstić information content (AvgIpc) is 3.26. The number of H-pyrrole nitrogens is 1. The molecule has 0 bridgehead atoms. The Balaban J connectivity index is 1.30. The van der Waals surface area contributed by atoms with Gasteiger partial charge >= 0.3 is 0 Å². The van der Waals surface area contributed by atoms with Gasteiger partial charge in [-0.3, -0.25) is 9.59 Å². The average molecular weight is 434 g/mol. The molecule has 1 aromatic heterocycles. The highest BCUT2D eigenvalue weighted by molar-refractivity contribution is 5.98. The highest BCUT2D eigenvalue weighted by Crippen LogP contribution is 2.27. The van der Waals surface area contributed by atoms with Crippen LogP contribution in [0.25, 0.3) is 10.9 Å². The molecule has 0 spiro atoms. The molecule has 1 aliphatic rings. The fourth-order valence-electron chi connectivity index (χ4n) is 4.39. The summed E-state index contributed by atoms with van der Waals surface area (Å²) in [6.45, 7) is 5.93. The molecule has 0 aliphatic carbocycles. The number of ether oxygens (including phenoxy) is 1. The molecule has 2 aromatic carbocycles. The number of hydrogen-bond acceptors (Lipinski definition) is 3. The van der Waals surface area contributed by atoms with E-state index >= 15 is 0 Å². The predicted octanol–water partition coefficient (Wildman–Crippen LogP) is 4.29. The molecule has 32 heavy (non-hydrogen) atoms. The van der Waals surface area contributed by atoms with Gasteiger partial charge in [0.05, 0.1) is 7.11 Å². The lowest BCUT2D eigenvalue weighted by Gasteiger charge is -2.34. The molecule has 0 saturated carbocycles. The van der Waals surface area contributed by atoms with E-state index < -0.39 is 0 Å². The third-order valence-corrected chi connectivity index (χ3v) is 6.59. The van der Waals surface area contributed by atoms with Gasteiger partial charge in [-0.05, 0) is 49.4 Å². The third-order valence-electron chi connectivity index (χ3n) is 6.59. The minimum atomic E-state index is -0.0711. The van der Waals surface area contributed by atoms with E-state index in [1.54, 1.807) is 7.11 Å². The molecule has 3 aromatic rings. The van der Waals surface area contributed by atoms with Crippen molar-refractivity contribution in [3.05, 3.63) is 65.4 Å². The SMILES string of the molecule is COc1ccc2cc(C(=O)N3CCC([C@@H](C)C(=O)NCc4ccc(C)cc4)CC3)[nH]c2c1. The predicted molar refractivity (Wildman–Crippen MR) is 126 cm³/mol. The van der Waals surface area contributed by atoms with E-state index in [0.717, 1.165) is 35.1 Å². The molecule has 6 heteroatoms. The lowest BCUT2D eigenvalue weighted by Crippen LogP contribution is -2.42. The van der Waals surface area contributed by atoms with Crippen molar-refractivity contribution in [1.29, 1.82) is 0 Å². The molecule has 4 rings (SSSR count). The van der Waals surface area contributed by atoms with E-state index in [2.05, 4.69) is 29.4 Å². The summed E-state index contributed by atoms with van der Waals surface area (Å²) >= 11 is 0. The number of nitrogens with zero attached hydrogens (tertiary/aromatic N) is 1. The minimum absolute atomic E-state index is 0.00934. The van der Waals surface area contributed by atoms with Gasteiger partial charge in [0.25, 0.3) is 5.91 Å². The van der Waals surface area contributed by atoms with Gasteiger partial charge in [0.2, 0.25) is 5.91 Å². The number of fused-ring (bicyclic) bond motifs is 1. The first-order chi connectivity index (χ1) is 15.4. The quantitative estimate of drug-likeness (QED) is 0.609. The lowest BCUT2D eigenvalue weighted by molar-refractivity contribution is -0.126. The molecule has 1 saturated heterocycles. The highest BCUT2D eigenvalue weighted by Gasteiger charge is 2.30. The van der Waals surface area contributed by atoms with Crippen molar-refractivity contribution in [3.8, 4) is 5.75 Å². The van der Waals surface area contributed by atoms with E-state index in [0.29, 0.717) is 25.3 Å². The summed E-state index contributed by atoms with van der Waals surface area (Å²) in [6.07, 6.45) is 1.66. The van der Waals surface area contributed by atoms with Crippen molar-refractivity contribution in [3.63, 3.8) is 0 Å². The summed E-state index contributed by atoms with van der Waals surface area (Å²) in [6, 6.07) is 15.8. The van der Waals surface area contributed by atoms with E-state index in [9.17, 15) is 9.59 Å². The molecule has 1 fully saturated rings. The molecule has 1 atom stereocenters. The Hall–Kier alpha value is -3.28. The van der Waals surface area contributed by atoms with E-state index in [4.69, 9.17) is 4.74 Å². The van der Waals surface area contributed by atoms with Crippen LogP contribution in [0.3, 0.4) is 0 Å². The molecule has 2 N–H and O–H groups in total. The number of aromatic amines is 1. The fourth-order valence-corrected chi connectivity index (χ4v) is 4.39. The standard InChI is InChI=1S/C26H31N3O3/c1-17-4-6-19(7-5-17)16-27-25(30)18(2)20-10-12-29(13-11-20)26(31)24-14-21-8-9-22(32-3)15-23(21)28-24/h4-9,14-15,18,20,28H,10-13,16H2,1-3H3,(H,27,30)/t18-/m1/s1. The van der Waals surface area contributed by atoms with Crippen LogP contribution < -0.4 is 10.1 Å². The van der Waals surface area contributed by atoms with Crippen LogP contribution in [0.5, 0.6) is 5.75 Å². The zero-order valence-electron chi connectivity index (χ0n) is 19.0. The van der Waals surface area contributed by atoms with Crippen molar-refractivity contribution in [2.45, 2.75) is 33.2 Å². The van der Waals surface area contributed by atoms with Gasteiger partial charge in [-0.25, -0.2) is 0 Å². The zero-order chi connectivity index (χ0) is 22.7. The van der Waals surface area contributed by atoms with Gasteiger partial charge in [-0.1, -0.05) is 36.8 Å². The first-order valence-corrected chi connectivity index (χ1v) is 11.2. The maximum absolute atomic E-state index is 13.0. The molecule has 0 radical (unpaired) electrons. The fraction of sp³-hybridized carbons (Fsp3) is 0.385. The summed E-state index contributed by atoms with van der Waals surface area (Å²) in [7, 11) is 1.63. The number of aryl methyl sites for hydroxylation is 1. The van der Waals surface area contributed by atoms with Gasteiger partial charge in [-0.2, -0.15) is 0 Å². The Labute approximate surface area is 188 Å². The number of likely N-dealkylation sites (tertiary alicyclic amines) is 1. The van der Waals surface area contributed by atoms with Gasteiger partial charge in [0.1, 0.15) is 11.4 Å². The van der Waals surface area contributed by atoms with Gasteiger partial charge in [0, 0.05) is 42.5 Å². The first kappa shape index (κ1) is 21.9. The minimum Gasteiger partial charge on any atom is -0.497 e. The Bertz CT molecular complexity index is 1100. The van der Waals surface area contributed by atoms with Crippen LogP contribution in [0.15, 0.2) is 48.5 Å². The Morgan fingerprint density at radius 2 is 1.84 bits per heavy atom. The molecule has 2 heterocycles. The molecule has 0 unspecified atom stereocenters. The van der Waals surface area contributed by atoms with Gasteiger partial charge in [0.15, 0.2) is 0 Å². The molecule has 1 aliphatic heterocycles. The number of aromatic nitrogens is 1. The van der Waals surface area contributed by atoms with E-state index in [-0.39, 0.29) is 23.7 Å². The summed E-state index contributed by atoms with van der Waals surface area (Å²) in [5.41, 5.74) is 3.80. The van der Waals surface area contributed by atoms with Crippen LogP contribution in [0.2, 0.25) is 0 Å². The van der Waals surface area contributed by atoms with Crippen LogP contribution in [-0.2, 0) is 11.3 Å². The number of nitrogens with one attached hydrogen (secondary N) is 2. The van der Waals surface area contributed by atoms with E-state index in [1.165, 1.54) is 5.56 Å². The van der Waals surface area contributed by atoms with Crippen LogP contribution in [0.1, 0.15) is 41.4 Å². The second-order valence-electron chi connectivity index (χ2n) is 8.76. The maximum Gasteiger partial charge on any atom is 0.270 e. The molecular weight excluding hydrogens is 402 g/mol. The lowest BCUT2D eigenvalue weighted by atomic mass is 9.84. The number of carbonyl (C=O) groups is 2. The molecule has 2 amide bonds. The van der Waals surface area contributed by atoms with Crippen LogP contribution in [-0.4, -0.2) is 41.9 Å². The van der Waals surface area contributed by atoms with Gasteiger partial charge in [-0.15, -0.1) is 0 Å². The number of amides is 2. The van der Waals surface area contributed by atoms with Crippen molar-refractivity contribution < 1.29 is 14.3 Å². The van der Waals surface area contributed by atoms with E-state index in [1.807, 2.05) is 48.2 Å². The molecular formula is C26H31N3O3. The number of piperidine rings is 1. The Morgan fingerprint density at radius 1 is 1.12 bits per heavy atom. The number of benzene rings is 2. The number of carbonyl (C=O) groups excluding carboxylic acids is 2. The third kappa shape index (κ3) is 4.79. The zero-order valence-corrected chi connectivity index (χ0v) is 19.0. The highest BCUT2D eigenvalue weighted by atomic mass is 16.5. The van der Waals surface area contributed by atoms with Crippen molar-refractivity contribution in [2.24, 2.45) is 11.8 Å². The summed E-state index contributed by atoms with van der Waals surface area (Å²) in [5.74, 6) is 1.06. The van der Waals surface area contributed by atoms with Crippen molar-refractivity contribution in [2.75, 3.05) is 20.2 Å². The monoisotopic (exact) mass is 433 g/mol. The summed E-state index contributed by atoms with van der Waals surface area (Å²) in [5, 5.41) is 4.05. The number of methoxy groups -OCH3 is 1. The molecule has 6 nitrogen and oxygen atoms in total. The molecule has 168 valence electrons. The normalized spacial score (nSPS) is 15.5. The van der Waals surface area contributed by atoms with Crippen LogP contribution in [0.4, 0.5) is 0 Å². The van der Waals surface area contributed by atoms with Crippen molar-refractivity contribution >= 4 is 22.7 Å². The maximum atomic E-state index is 13.0. The smallest absolute Gasteiger partial charge is 0.270 e. The van der Waals surface area contributed by atoms with Crippen LogP contribution >= 0.6 is 0 Å². The first-order valence-electron chi connectivity index (χ1n) is 11.2. The second-order valence-corrected chi connectivity index (χ2v) is 8.76. The number of rotatable bonds is 6. The Kier molecular flexibility index (Phi) is 6.49. The summed E-state index contributed by atoms with van der Waals surface area (Å²) < 4.78 is 5.26. The van der Waals surface area contributed by atoms with Gasteiger partial charge < -0.3 is 19.9 Å². The summed E-state index contributed by atoms with van der Waals surface area (Å²) in [4.78, 5) is 30.8.